The van der Waals surface area contributed by atoms with Crippen LogP contribution in [0.5, 0.6) is 5.75 Å². The number of carbonyl (C=O) groups excluding carboxylic acids is 2. The fraction of sp³-hybridized carbons (Fsp3) is 0.333. The maximum Gasteiger partial charge on any atom is 0.308 e. The highest BCUT2D eigenvalue weighted by atomic mass is 16.5. The summed E-state index contributed by atoms with van der Waals surface area (Å²) in [7, 11) is 0. The Morgan fingerprint density at radius 2 is 1.40 bits per heavy atom. The van der Waals surface area contributed by atoms with Gasteiger partial charge in [-0.05, 0) is 47.2 Å². The van der Waals surface area contributed by atoms with Gasteiger partial charge < -0.3 is 10.1 Å². The minimum Gasteiger partial charge on any atom is -0.427 e. The van der Waals surface area contributed by atoms with Crippen LogP contribution >= 0.6 is 0 Å². The Morgan fingerprint density at radius 3 is 1.84 bits per heavy atom. The molecule has 0 radical (unpaired) electrons. The summed E-state index contributed by atoms with van der Waals surface area (Å²) in [6.07, 6.45) is 0. The van der Waals surface area contributed by atoms with Crippen molar-refractivity contribution in [3.05, 3.63) is 59.2 Å². The molecule has 4 heteroatoms. The van der Waals surface area contributed by atoms with Gasteiger partial charge in [0.15, 0.2) is 0 Å². The Hall–Kier alpha value is -2.62. The minimum absolute atomic E-state index is 0.177. The summed E-state index contributed by atoms with van der Waals surface area (Å²) in [5.41, 5.74) is 3.65. The molecule has 0 aliphatic heterocycles. The van der Waals surface area contributed by atoms with Gasteiger partial charge in [0.1, 0.15) is 5.75 Å². The fourth-order valence-electron chi connectivity index (χ4n) is 2.72. The summed E-state index contributed by atoms with van der Waals surface area (Å²) in [4.78, 5) is 23.7. The number of benzene rings is 2. The van der Waals surface area contributed by atoms with Crippen molar-refractivity contribution in [2.45, 2.75) is 46.5 Å². The van der Waals surface area contributed by atoms with Crippen molar-refractivity contribution in [3.8, 4) is 5.75 Å². The first kappa shape index (κ1) is 18.7. The molecule has 0 saturated carbocycles. The Morgan fingerprint density at radius 1 is 0.880 bits per heavy atom. The van der Waals surface area contributed by atoms with E-state index in [1.165, 1.54) is 6.92 Å². The quantitative estimate of drug-likeness (QED) is 0.608. The lowest BCUT2D eigenvalue weighted by Crippen LogP contribution is -2.16. The van der Waals surface area contributed by atoms with Crippen LogP contribution in [0.4, 0.5) is 5.69 Å². The Balaban J connectivity index is 2.29. The molecule has 0 bridgehead atoms. The largest absolute Gasteiger partial charge is 0.427 e. The third-order valence-electron chi connectivity index (χ3n) is 3.99. The first-order valence-corrected chi connectivity index (χ1v) is 8.52. The van der Waals surface area contributed by atoms with E-state index in [2.05, 4.69) is 45.1 Å². The van der Waals surface area contributed by atoms with Gasteiger partial charge >= 0.3 is 5.97 Å². The molecule has 0 aliphatic carbocycles. The zero-order valence-corrected chi connectivity index (χ0v) is 15.4. The smallest absolute Gasteiger partial charge is 0.308 e. The molecular formula is C21H25NO3. The summed E-state index contributed by atoms with van der Waals surface area (Å²) < 4.78 is 5.00. The summed E-state index contributed by atoms with van der Waals surface area (Å²) >= 11 is 0. The zero-order chi connectivity index (χ0) is 18.6. The van der Waals surface area contributed by atoms with E-state index in [1.807, 2.05) is 6.07 Å². The standard InChI is InChI=1S/C21H25NO3/c1-13(2)18-7-6-8-19(14(3)4)20(18)22-21(24)16-9-11-17(12-10-16)25-15(5)23/h6-14H,1-5H3,(H,22,24). The molecule has 1 N–H and O–H groups in total. The lowest BCUT2D eigenvalue weighted by molar-refractivity contribution is -0.131. The number of hydrogen-bond acceptors (Lipinski definition) is 3. The van der Waals surface area contributed by atoms with Crippen molar-refractivity contribution in [1.29, 1.82) is 0 Å². The van der Waals surface area contributed by atoms with Gasteiger partial charge in [-0.15, -0.1) is 0 Å². The molecular weight excluding hydrogens is 314 g/mol. The predicted octanol–water partition coefficient (Wildman–Crippen LogP) is 5.11. The van der Waals surface area contributed by atoms with Gasteiger partial charge in [0.2, 0.25) is 0 Å². The molecule has 0 atom stereocenters. The molecule has 0 unspecified atom stereocenters. The van der Waals surface area contributed by atoms with Gasteiger partial charge in [-0.25, -0.2) is 0 Å². The summed E-state index contributed by atoms with van der Waals surface area (Å²) in [6, 6.07) is 12.7. The molecule has 0 aromatic heterocycles. The molecule has 2 aromatic carbocycles. The van der Waals surface area contributed by atoms with Crippen LogP contribution in [0, 0.1) is 0 Å². The lowest BCUT2D eigenvalue weighted by atomic mass is 9.92. The highest BCUT2D eigenvalue weighted by Gasteiger charge is 2.16. The van der Waals surface area contributed by atoms with Crippen LogP contribution < -0.4 is 10.1 Å². The third-order valence-corrected chi connectivity index (χ3v) is 3.99. The number of hydrogen-bond donors (Lipinski definition) is 1. The molecule has 1 amide bonds. The average Bonchev–Trinajstić information content (AvgIpc) is 2.54. The molecule has 2 aromatic rings. The van der Waals surface area contributed by atoms with Gasteiger partial charge in [-0.1, -0.05) is 45.9 Å². The molecule has 0 fully saturated rings. The zero-order valence-electron chi connectivity index (χ0n) is 15.4. The second-order valence-electron chi connectivity index (χ2n) is 6.69. The maximum absolute atomic E-state index is 12.7. The second kappa shape index (κ2) is 7.97. The van der Waals surface area contributed by atoms with Gasteiger partial charge in [0.05, 0.1) is 0 Å². The van der Waals surface area contributed by atoms with Crippen molar-refractivity contribution in [1.82, 2.24) is 0 Å². The molecule has 0 spiro atoms. The normalized spacial score (nSPS) is 10.8. The number of carbonyl (C=O) groups is 2. The summed E-state index contributed by atoms with van der Waals surface area (Å²) in [6.45, 7) is 9.80. The highest BCUT2D eigenvalue weighted by molar-refractivity contribution is 6.05. The van der Waals surface area contributed by atoms with E-state index in [0.717, 1.165) is 16.8 Å². The summed E-state index contributed by atoms with van der Waals surface area (Å²) in [5, 5.41) is 3.07. The molecule has 132 valence electrons. The topological polar surface area (TPSA) is 55.4 Å². The molecule has 25 heavy (non-hydrogen) atoms. The first-order chi connectivity index (χ1) is 11.8. The predicted molar refractivity (Wildman–Crippen MR) is 100 cm³/mol. The van der Waals surface area contributed by atoms with Crippen LogP contribution in [0.3, 0.4) is 0 Å². The summed E-state index contributed by atoms with van der Waals surface area (Å²) in [5.74, 6) is 0.476. The monoisotopic (exact) mass is 339 g/mol. The van der Waals surface area contributed by atoms with Crippen LogP contribution in [-0.4, -0.2) is 11.9 Å². The minimum atomic E-state index is -0.385. The second-order valence-corrected chi connectivity index (χ2v) is 6.69. The van der Waals surface area contributed by atoms with Gasteiger partial charge in [-0.3, -0.25) is 9.59 Å². The van der Waals surface area contributed by atoms with Gasteiger partial charge in [0.25, 0.3) is 5.91 Å². The Bertz CT molecular complexity index is 735. The molecule has 4 nitrogen and oxygen atoms in total. The van der Waals surface area contributed by atoms with E-state index < -0.39 is 0 Å². The molecule has 0 saturated heterocycles. The van der Waals surface area contributed by atoms with E-state index in [0.29, 0.717) is 23.1 Å². The fourth-order valence-corrected chi connectivity index (χ4v) is 2.72. The van der Waals surface area contributed by atoms with Crippen LogP contribution in [0.1, 0.15) is 67.9 Å². The SMILES string of the molecule is CC(=O)Oc1ccc(C(=O)Nc2c(C(C)C)cccc2C(C)C)cc1. The van der Waals surface area contributed by atoms with E-state index in [9.17, 15) is 9.59 Å². The van der Waals surface area contributed by atoms with Crippen LogP contribution in [-0.2, 0) is 4.79 Å². The molecule has 0 heterocycles. The maximum atomic E-state index is 12.7. The van der Waals surface area contributed by atoms with Crippen molar-refractivity contribution in [2.75, 3.05) is 5.32 Å². The van der Waals surface area contributed by atoms with Crippen molar-refractivity contribution >= 4 is 17.6 Å². The average molecular weight is 339 g/mol. The van der Waals surface area contributed by atoms with E-state index in [4.69, 9.17) is 4.74 Å². The van der Waals surface area contributed by atoms with Crippen LogP contribution in [0.15, 0.2) is 42.5 Å². The lowest BCUT2D eigenvalue weighted by Gasteiger charge is -2.20. The third kappa shape index (κ3) is 4.69. The first-order valence-electron chi connectivity index (χ1n) is 8.52. The number of rotatable bonds is 5. The number of ether oxygens (including phenoxy) is 1. The number of para-hydroxylation sites is 1. The molecule has 0 aliphatic rings. The van der Waals surface area contributed by atoms with E-state index in [-0.39, 0.29) is 11.9 Å². The number of anilines is 1. The van der Waals surface area contributed by atoms with E-state index >= 15 is 0 Å². The Kier molecular flexibility index (Phi) is 5.97. The van der Waals surface area contributed by atoms with Crippen molar-refractivity contribution in [3.63, 3.8) is 0 Å². The van der Waals surface area contributed by atoms with Gasteiger partial charge in [0, 0.05) is 18.2 Å². The van der Waals surface area contributed by atoms with Crippen molar-refractivity contribution in [2.24, 2.45) is 0 Å². The number of esters is 1. The number of amides is 1. The highest BCUT2D eigenvalue weighted by Crippen LogP contribution is 2.32. The Labute approximate surface area is 149 Å². The van der Waals surface area contributed by atoms with E-state index in [1.54, 1.807) is 24.3 Å². The van der Waals surface area contributed by atoms with Crippen molar-refractivity contribution < 1.29 is 14.3 Å². The van der Waals surface area contributed by atoms with Crippen LogP contribution in [0.2, 0.25) is 0 Å². The number of nitrogens with one attached hydrogen (secondary N) is 1. The molecule has 2 rings (SSSR count). The van der Waals surface area contributed by atoms with Crippen LogP contribution in [0.25, 0.3) is 0 Å². The van der Waals surface area contributed by atoms with Gasteiger partial charge in [-0.2, -0.15) is 0 Å².